The van der Waals surface area contributed by atoms with Crippen molar-refractivity contribution < 1.29 is 14.3 Å². The van der Waals surface area contributed by atoms with Gasteiger partial charge in [-0.3, -0.25) is 4.79 Å². The Labute approximate surface area is 120 Å². The van der Waals surface area contributed by atoms with E-state index in [9.17, 15) is 9.59 Å². The summed E-state index contributed by atoms with van der Waals surface area (Å²) in [6.45, 7) is 0. The SMILES string of the molecule is CSCC[C@H](N)C(=O)O.O=c1ccc2ccccc2o1. The van der Waals surface area contributed by atoms with Gasteiger partial charge in [-0.2, -0.15) is 11.8 Å². The number of para-hydroxylation sites is 1. The molecule has 0 spiro atoms. The van der Waals surface area contributed by atoms with Crippen LogP contribution in [0.2, 0.25) is 0 Å². The molecule has 1 aromatic heterocycles. The van der Waals surface area contributed by atoms with Crippen molar-refractivity contribution in [3.8, 4) is 0 Å². The first-order valence-corrected chi connectivity index (χ1v) is 7.40. The molecule has 1 aromatic carbocycles. The summed E-state index contributed by atoms with van der Waals surface area (Å²) in [6, 6.07) is 9.91. The Morgan fingerprint density at radius 3 is 2.70 bits per heavy atom. The molecule has 0 saturated carbocycles. The number of hydrogen-bond donors (Lipinski definition) is 2. The quantitative estimate of drug-likeness (QED) is 0.837. The molecule has 0 aliphatic carbocycles. The Kier molecular flexibility index (Phi) is 6.83. The summed E-state index contributed by atoms with van der Waals surface area (Å²) in [7, 11) is 0. The average Bonchev–Trinajstić information content (AvgIpc) is 2.45. The van der Waals surface area contributed by atoms with Gasteiger partial charge in [-0.25, -0.2) is 4.79 Å². The Bertz CT molecular complexity index is 611. The minimum absolute atomic E-state index is 0.302. The Morgan fingerprint density at radius 1 is 1.35 bits per heavy atom. The lowest BCUT2D eigenvalue weighted by molar-refractivity contribution is -0.138. The van der Waals surface area contributed by atoms with Crippen LogP contribution in [0, 0.1) is 0 Å². The molecule has 1 heterocycles. The van der Waals surface area contributed by atoms with Gasteiger partial charge >= 0.3 is 11.6 Å². The Morgan fingerprint density at radius 2 is 2.05 bits per heavy atom. The molecule has 0 aliphatic heterocycles. The van der Waals surface area contributed by atoms with Crippen molar-refractivity contribution in [2.75, 3.05) is 12.0 Å². The number of aliphatic carboxylic acids is 1. The third-order valence-corrected chi connectivity index (χ3v) is 3.12. The van der Waals surface area contributed by atoms with Gasteiger partial charge in [0.15, 0.2) is 0 Å². The number of thioether (sulfide) groups is 1. The molecule has 0 unspecified atom stereocenters. The highest BCUT2D eigenvalue weighted by atomic mass is 32.2. The minimum Gasteiger partial charge on any atom is -0.480 e. The highest BCUT2D eigenvalue weighted by Crippen LogP contribution is 2.08. The topological polar surface area (TPSA) is 93.5 Å². The number of carboxylic acids is 1. The van der Waals surface area contributed by atoms with Crippen molar-refractivity contribution in [3.63, 3.8) is 0 Å². The summed E-state index contributed by atoms with van der Waals surface area (Å²) in [5, 5.41) is 9.23. The Hall–Kier alpha value is -1.79. The van der Waals surface area contributed by atoms with Gasteiger partial charge < -0.3 is 15.3 Å². The van der Waals surface area contributed by atoms with Crippen LogP contribution in [0.3, 0.4) is 0 Å². The van der Waals surface area contributed by atoms with Gasteiger partial charge in [0.2, 0.25) is 0 Å². The lowest BCUT2D eigenvalue weighted by Gasteiger charge is -2.02. The highest BCUT2D eigenvalue weighted by Gasteiger charge is 2.08. The number of benzene rings is 1. The van der Waals surface area contributed by atoms with Crippen molar-refractivity contribution in [1.29, 1.82) is 0 Å². The zero-order chi connectivity index (χ0) is 15.0. The third kappa shape index (κ3) is 5.46. The van der Waals surface area contributed by atoms with E-state index in [1.807, 2.05) is 24.5 Å². The molecule has 0 amide bonds. The molecule has 1 atom stereocenters. The zero-order valence-corrected chi connectivity index (χ0v) is 11.9. The first kappa shape index (κ1) is 16.3. The van der Waals surface area contributed by atoms with Crippen LogP contribution in [-0.2, 0) is 4.79 Å². The van der Waals surface area contributed by atoms with Crippen LogP contribution in [-0.4, -0.2) is 29.1 Å². The van der Waals surface area contributed by atoms with Crippen LogP contribution in [0.5, 0.6) is 0 Å². The van der Waals surface area contributed by atoms with E-state index in [-0.39, 0.29) is 5.63 Å². The fraction of sp³-hybridized carbons (Fsp3) is 0.286. The zero-order valence-electron chi connectivity index (χ0n) is 11.1. The molecule has 0 fully saturated rings. The van der Waals surface area contributed by atoms with E-state index in [1.165, 1.54) is 6.07 Å². The first-order chi connectivity index (χ1) is 9.54. The van der Waals surface area contributed by atoms with Gasteiger partial charge in [-0.1, -0.05) is 18.2 Å². The smallest absolute Gasteiger partial charge is 0.336 e. The Balaban J connectivity index is 0.000000206. The molecule has 2 rings (SSSR count). The normalized spacial score (nSPS) is 11.5. The highest BCUT2D eigenvalue weighted by molar-refractivity contribution is 7.98. The van der Waals surface area contributed by atoms with Crippen LogP contribution in [0.15, 0.2) is 45.6 Å². The van der Waals surface area contributed by atoms with Crippen LogP contribution < -0.4 is 11.4 Å². The monoisotopic (exact) mass is 295 g/mol. The van der Waals surface area contributed by atoms with Crippen LogP contribution >= 0.6 is 11.8 Å². The fourth-order valence-electron chi connectivity index (χ4n) is 1.38. The van der Waals surface area contributed by atoms with Gasteiger partial charge in [0.25, 0.3) is 0 Å². The van der Waals surface area contributed by atoms with Gasteiger partial charge in [0.05, 0.1) is 0 Å². The lowest BCUT2D eigenvalue weighted by atomic mass is 10.2. The van der Waals surface area contributed by atoms with Gasteiger partial charge in [-0.15, -0.1) is 0 Å². The van der Waals surface area contributed by atoms with Gasteiger partial charge in [0, 0.05) is 11.5 Å². The summed E-state index contributed by atoms with van der Waals surface area (Å²) in [5.74, 6) is -0.1000. The number of nitrogens with two attached hydrogens (primary N) is 1. The summed E-state index contributed by atoms with van der Waals surface area (Å²) in [6.07, 6.45) is 2.48. The minimum atomic E-state index is -0.913. The van der Waals surface area contributed by atoms with Gasteiger partial charge in [0.1, 0.15) is 11.6 Å². The van der Waals surface area contributed by atoms with Crippen LogP contribution in [0.4, 0.5) is 0 Å². The van der Waals surface area contributed by atoms with Crippen molar-refractivity contribution in [2.45, 2.75) is 12.5 Å². The maximum Gasteiger partial charge on any atom is 0.336 e. The number of carboxylic acid groups (broad SMARTS) is 1. The molecule has 0 saturated heterocycles. The second-order valence-corrected chi connectivity index (χ2v) is 5.00. The van der Waals surface area contributed by atoms with Crippen LogP contribution in [0.1, 0.15) is 6.42 Å². The van der Waals surface area contributed by atoms with Crippen molar-refractivity contribution >= 4 is 28.7 Å². The van der Waals surface area contributed by atoms with Crippen molar-refractivity contribution in [3.05, 3.63) is 46.8 Å². The second kappa shape index (κ2) is 8.39. The maximum absolute atomic E-state index is 10.7. The summed E-state index contributed by atoms with van der Waals surface area (Å²) in [4.78, 5) is 20.8. The van der Waals surface area contributed by atoms with E-state index < -0.39 is 12.0 Å². The fourth-order valence-corrected chi connectivity index (χ4v) is 1.87. The average molecular weight is 295 g/mol. The molecule has 108 valence electrons. The third-order valence-electron chi connectivity index (χ3n) is 2.48. The molecule has 0 bridgehead atoms. The first-order valence-electron chi connectivity index (χ1n) is 6.01. The summed E-state index contributed by atoms with van der Waals surface area (Å²) >= 11 is 1.60. The predicted molar refractivity (Wildman–Crippen MR) is 81.1 cm³/mol. The molecule has 5 nitrogen and oxygen atoms in total. The molecule has 3 N–H and O–H groups in total. The predicted octanol–water partition coefficient (Wildman–Crippen LogP) is 1.94. The van der Waals surface area contributed by atoms with E-state index >= 15 is 0 Å². The molecule has 2 aromatic rings. The van der Waals surface area contributed by atoms with Crippen LogP contribution in [0.25, 0.3) is 11.0 Å². The number of hydrogen-bond acceptors (Lipinski definition) is 5. The second-order valence-electron chi connectivity index (χ2n) is 4.02. The largest absolute Gasteiger partial charge is 0.480 e. The lowest BCUT2D eigenvalue weighted by Crippen LogP contribution is -2.30. The van der Waals surface area contributed by atoms with E-state index in [4.69, 9.17) is 15.3 Å². The number of fused-ring (bicyclic) bond motifs is 1. The molecular weight excluding hydrogens is 278 g/mol. The molecule has 0 radical (unpaired) electrons. The van der Waals surface area contributed by atoms with E-state index in [0.717, 1.165) is 11.1 Å². The van der Waals surface area contributed by atoms with E-state index in [2.05, 4.69) is 0 Å². The molecule has 6 heteroatoms. The summed E-state index contributed by atoms with van der Waals surface area (Å²) < 4.78 is 4.91. The number of rotatable bonds is 4. The van der Waals surface area contributed by atoms with E-state index in [0.29, 0.717) is 12.0 Å². The van der Waals surface area contributed by atoms with Crippen molar-refractivity contribution in [1.82, 2.24) is 0 Å². The maximum atomic E-state index is 10.7. The van der Waals surface area contributed by atoms with Gasteiger partial charge in [-0.05, 0) is 30.6 Å². The molecular formula is C14H17NO4S. The van der Waals surface area contributed by atoms with Crippen molar-refractivity contribution in [2.24, 2.45) is 5.73 Å². The molecule has 0 aliphatic rings. The van der Waals surface area contributed by atoms with E-state index in [1.54, 1.807) is 23.9 Å². The standard InChI is InChI=1S/C9H6O2.C5H11NO2S/c10-9-6-5-7-3-1-2-4-8(7)11-9;1-9-3-2-4(6)5(7)8/h1-6H;4H,2-3,6H2,1H3,(H,7,8)/t;4-/m.0/s1. The summed E-state index contributed by atoms with van der Waals surface area (Å²) in [5.41, 5.74) is 5.53. The molecule has 20 heavy (non-hydrogen) atoms. The number of carbonyl (C=O) groups is 1.